The van der Waals surface area contributed by atoms with Crippen LogP contribution in [0.1, 0.15) is 18.9 Å². The van der Waals surface area contributed by atoms with Gasteiger partial charge in [0.05, 0.1) is 17.6 Å². The molecule has 1 unspecified atom stereocenters. The molecule has 4 heteroatoms. The van der Waals surface area contributed by atoms with E-state index in [1.165, 1.54) is 0 Å². The van der Waals surface area contributed by atoms with E-state index in [2.05, 4.69) is 4.98 Å². The van der Waals surface area contributed by atoms with Crippen molar-refractivity contribution in [3.63, 3.8) is 0 Å². The number of pyridine rings is 1. The third kappa shape index (κ3) is 2.68. The molecule has 1 rings (SSSR count). The van der Waals surface area contributed by atoms with Crippen LogP contribution in [0.3, 0.4) is 0 Å². The molecule has 0 fully saturated rings. The Morgan fingerprint density at radius 3 is 2.77 bits per heavy atom. The monoisotopic (exact) mass is 182 g/mol. The average Bonchev–Trinajstić information content (AvgIpc) is 2.16. The molecule has 1 aromatic heterocycles. The number of nitrogens with two attached hydrogens (primary N) is 1. The summed E-state index contributed by atoms with van der Waals surface area (Å²) in [6.07, 6.45) is 1.19. The molecule has 1 atom stereocenters. The van der Waals surface area contributed by atoms with Crippen molar-refractivity contribution in [3.8, 4) is 0 Å². The Balaban J connectivity index is 2.73. The zero-order chi connectivity index (χ0) is 9.68. The molecule has 0 saturated carbocycles. The molecule has 0 aliphatic heterocycles. The Morgan fingerprint density at radius 1 is 1.54 bits per heavy atom. The number of methoxy groups -OCH3 is 1. The molecule has 0 amide bonds. The predicted octanol–water partition coefficient (Wildman–Crippen LogP) is 1.35. The molecule has 0 aliphatic carbocycles. The lowest BCUT2D eigenvalue weighted by Gasteiger charge is -2.14. The number of ether oxygens (including phenoxy) is 2. The first-order valence-electron chi connectivity index (χ1n) is 4.13. The van der Waals surface area contributed by atoms with Crippen molar-refractivity contribution in [3.05, 3.63) is 24.0 Å². The fourth-order valence-electron chi connectivity index (χ4n) is 0.982. The van der Waals surface area contributed by atoms with Crippen LogP contribution in [0.5, 0.6) is 0 Å². The third-order valence-corrected chi connectivity index (χ3v) is 1.58. The zero-order valence-electron chi connectivity index (χ0n) is 7.86. The maximum Gasteiger partial charge on any atom is 0.200 e. The lowest BCUT2D eigenvalue weighted by Crippen LogP contribution is -2.08. The molecule has 0 saturated heterocycles. The highest BCUT2D eigenvalue weighted by Crippen LogP contribution is 2.15. The van der Waals surface area contributed by atoms with Gasteiger partial charge in [-0.15, -0.1) is 0 Å². The van der Waals surface area contributed by atoms with Crippen molar-refractivity contribution < 1.29 is 9.47 Å². The summed E-state index contributed by atoms with van der Waals surface area (Å²) >= 11 is 0. The van der Waals surface area contributed by atoms with Gasteiger partial charge in [0.1, 0.15) is 0 Å². The summed E-state index contributed by atoms with van der Waals surface area (Å²) in [7, 11) is 1.58. The van der Waals surface area contributed by atoms with E-state index < -0.39 is 6.29 Å². The van der Waals surface area contributed by atoms with Crippen molar-refractivity contribution in [1.82, 2.24) is 4.98 Å². The van der Waals surface area contributed by atoms with Gasteiger partial charge in [0.15, 0.2) is 0 Å². The van der Waals surface area contributed by atoms with Gasteiger partial charge in [-0.1, -0.05) is 0 Å². The standard InChI is InChI=1S/C9H14N2O2/c1-3-13-9(12-2)8-5-4-7(10)6-11-8/h4-6,9H,3,10H2,1-2H3. The summed E-state index contributed by atoms with van der Waals surface area (Å²) in [5.74, 6) is 0. The van der Waals surface area contributed by atoms with Crippen LogP contribution in [-0.2, 0) is 9.47 Å². The highest BCUT2D eigenvalue weighted by molar-refractivity contribution is 5.34. The normalized spacial score (nSPS) is 12.8. The van der Waals surface area contributed by atoms with E-state index in [0.29, 0.717) is 12.3 Å². The summed E-state index contributed by atoms with van der Waals surface area (Å²) in [5.41, 5.74) is 6.87. The van der Waals surface area contributed by atoms with E-state index in [-0.39, 0.29) is 0 Å². The molecule has 0 aromatic carbocycles. The minimum absolute atomic E-state index is 0.398. The van der Waals surface area contributed by atoms with Gasteiger partial charge >= 0.3 is 0 Å². The van der Waals surface area contributed by atoms with Crippen LogP contribution in [-0.4, -0.2) is 18.7 Å². The first-order chi connectivity index (χ1) is 6.27. The highest BCUT2D eigenvalue weighted by Gasteiger charge is 2.10. The topological polar surface area (TPSA) is 57.4 Å². The van der Waals surface area contributed by atoms with E-state index in [1.807, 2.05) is 6.92 Å². The molecule has 0 bridgehead atoms. The molecule has 0 aliphatic rings. The van der Waals surface area contributed by atoms with Crippen LogP contribution in [0.25, 0.3) is 0 Å². The fraction of sp³-hybridized carbons (Fsp3) is 0.444. The lowest BCUT2D eigenvalue weighted by atomic mass is 10.3. The summed E-state index contributed by atoms with van der Waals surface area (Å²) in [6.45, 7) is 2.49. The van der Waals surface area contributed by atoms with Crippen LogP contribution in [0, 0.1) is 0 Å². The van der Waals surface area contributed by atoms with Gasteiger partial charge in [0.2, 0.25) is 6.29 Å². The van der Waals surface area contributed by atoms with E-state index in [1.54, 1.807) is 25.4 Å². The van der Waals surface area contributed by atoms with Gasteiger partial charge in [-0.25, -0.2) is 0 Å². The van der Waals surface area contributed by atoms with Crippen LogP contribution >= 0.6 is 0 Å². The fourth-order valence-corrected chi connectivity index (χ4v) is 0.982. The SMILES string of the molecule is CCOC(OC)c1ccc(N)cn1. The molecule has 13 heavy (non-hydrogen) atoms. The summed E-state index contributed by atoms with van der Waals surface area (Å²) in [5, 5.41) is 0. The molecule has 72 valence electrons. The molecular formula is C9H14N2O2. The minimum Gasteiger partial charge on any atom is -0.397 e. The second kappa shape index (κ2) is 4.79. The number of hydrogen-bond donors (Lipinski definition) is 1. The van der Waals surface area contributed by atoms with Crippen molar-refractivity contribution in [2.75, 3.05) is 19.5 Å². The summed E-state index contributed by atoms with van der Waals surface area (Å²) in [6, 6.07) is 3.56. The Bertz CT molecular complexity index is 248. The highest BCUT2D eigenvalue weighted by atomic mass is 16.7. The second-order valence-corrected chi connectivity index (χ2v) is 2.54. The summed E-state index contributed by atoms with van der Waals surface area (Å²) in [4.78, 5) is 4.09. The third-order valence-electron chi connectivity index (χ3n) is 1.58. The Hall–Kier alpha value is -1.13. The van der Waals surface area contributed by atoms with Gasteiger partial charge in [-0.05, 0) is 19.1 Å². The van der Waals surface area contributed by atoms with Crippen molar-refractivity contribution >= 4 is 5.69 Å². The molecule has 0 spiro atoms. The van der Waals surface area contributed by atoms with E-state index in [4.69, 9.17) is 15.2 Å². The average molecular weight is 182 g/mol. The predicted molar refractivity (Wildman–Crippen MR) is 50.0 cm³/mol. The molecule has 0 radical (unpaired) electrons. The summed E-state index contributed by atoms with van der Waals surface area (Å²) < 4.78 is 10.4. The Labute approximate surface area is 77.7 Å². The molecule has 2 N–H and O–H groups in total. The first-order valence-corrected chi connectivity index (χ1v) is 4.13. The lowest BCUT2D eigenvalue weighted by molar-refractivity contribution is -0.126. The number of nitrogens with zero attached hydrogens (tertiary/aromatic N) is 1. The smallest absolute Gasteiger partial charge is 0.200 e. The number of nitrogen functional groups attached to an aromatic ring is 1. The van der Waals surface area contributed by atoms with Crippen molar-refractivity contribution in [2.24, 2.45) is 0 Å². The van der Waals surface area contributed by atoms with Crippen LogP contribution in [0.15, 0.2) is 18.3 Å². The maximum absolute atomic E-state index is 5.50. The van der Waals surface area contributed by atoms with Gasteiger partial charge in [-0.3, -0.25) is 4.98 Å². The quantitative estimate of drug-likeness (QED) is 0.714. The maximum atomic E-state index is 5.50. The number of hydrogen-bond acceptors (Lipinski definition) is 4. The molecule has 1 heterocycles. The van der Waals surface area contributed by atoms with E-state index in [9.17, 15) is 0 Å². The van der Waals surface area contributed by atoms with Gasteiger partial charge in [0.25, 0.3) is 0 Å². The van der Waals surface area contributed by atoms with E-state index >= 15 is 0 Å². The Morgan fingerprint density at radius 2 is 2.31 bits per heavy atom. The zero-order valence-corrected chi connectivity index (χ0v) is 7.86. The molecule has 1 aromatic rings. The minimum atomic E-state index is -0.398. The number of aromatic nitrogens is 1. The van der Waals surface area contributed by atoms with Crippen molar-refractivity contribution in [2.45, 2.75) is 13.2 Å². The number of anilines is 1. The van der Waals surface area contributed by atoms with Crippen LogP contribution in [0.2, 0.25) is 0 Å². The Kier molecular flexibility index (Phi) is 3.67. The number of rotatable bonds is 4. The van der Waals surface area contributed by atoms with Crippen LogP contribution < -0.4 is 5.73 Å². The van der Waals surface area contributed by atoms with Gasteiger partial charge < -0.3 is 15.2 Å². The van der Waals surface area contributed by atoms with Gasteiger partial charge in [0, 0.05) is 13.7 Å². The van der Waals surface area contributed by atoms with Crippen LogP contribution in [0.4, 0.5) is 5.69 Å². The molecule has 4 nitrogen and oxygen atoms in total. The van der Waals surface area contributed by atoms with Gasteiger partial charge in [-0.2, -0.15) is 0 Å². The van der Waals surface area contributed by atoms with E-state index in [0.717, 1.165) is 5.69 Å². The van der Waals surface area contributed by atoms with Crippen molar-refractivity contribution in [1.29, 1.82) is 0 Å². The largest absolute Gasteiger partial charge is 0.397 e. The molecular weight excluding hydrogens is 168 g/mol. The second-order valence-electron chi connectivity index (χ2n) is 2.54. The first kappa shape index (κ1) is 9.95.